The minimum atomic E-state index is -2.97. The average molecular weight is 384 g/mol. The van der Waals surface area contributed by atoms with Crippen molar-refractivity contribution >= 4 is 5.91 Å². The molecule has 1 N–H and O–H groups in total. The third-order valence-corrected chi connectivity index (χ3v) is 5.44. The van der Waals surface area contributed by atoms with Crippen molar-refractivity contribution in [2.75, 3.05) is 7.11 Å². The first-order valence-corrected chi connectivity index (χ1v) is 10.2. The summed E-state index contributed by atoms with van der Waals surface area (Å²) in [6.45, 7) is 4.93. The molecule has 1 aromatic carbocycles. The van der Waals surface area contributed by atoms with Crippen LogP contribution >= 0.6 is 0 Å². The lowest BCUT2D eigenvalue weighted by molar-refractivity contribution is 0.0171. The molecule has 0 unspecified atom stereocenters. The zero-order valence-corrected chi connectivity index (χ0v) is 17.0. The minimum absolute atomic E-state index is 0. The Hall–Kier alpha value is -1.65. The van der Waals surface area contributed by atoms with Gasteiger partial charge in [0.05, 0.1) is 12.7 Å². The number of benzene rings is 1. The van der Waals surface area contributed by atoms with E-state index in [1.165, 1.54) is 51.3 Å². The van der Waals surface area contributed by atoms with Crippen molar-refractivity contribution < 1.29 is 19.7 Å². The monoisotopic (exact) mass is 383 g/mol. The van der Waals surface area contributed by atoms with Gasteiger partial charge >= 0.3 is 0 Å². The highest BCUT2D eigenvalue weighted by Crippen LogP contribution is 2.37. The van der Waals surface area contributed by atoms with Crippen LogP contribution < -0.4 is 10.1 Å². The minimum Gasteiger partial charge on any atom is -0.496 e. The van der Waals surface area contributed by atoms with Gasteiger partial charge in [-0.2, -0.15) is 0 Å². The van der Waals surface area contributed by atoms with Gasteiger partial charge in [0.2, 0.25) is 0 Å². The fraction of sp³-hybridized carbons (Fsp3) is 0.682. The molecule has 0 radical (unpaired) electrons. The molecular weight excluding hydrogens is 348 g/mol. The molecule has 2 atom stereocenters. The second kappa shape index (κ2) is 9.52. The van der Waals surface area contributed by atoms with Crippen LogP contribution in [0, 0.1) is 5.92 Å². The van der Waals surface area contributed by atoms with Gasteiger partial charge in [0.15, 0.2) is 0 Å². The standard InChI is InChI=1S/C22H33F2NO2.H2/c1-5-7-8-9-10-11-16-13-18(16)25-21(26)20-15(6-2)12-17(22(3,23)24)14-19(20)27-4;/h12,14,16,18H,5-11,13H2,1-4H3,(H,25,26);1H/t16-,18+;/m1./s1. The maximum Gasteiger partial charge on any atom is 0.270 e. The van der Waals surface area contributed by atoms with Crippen molar-refractivity contribution in [1.29, 1.82) is 0 Å². The number of ether oxygens (including phenoxy) is 1. The molecule has 1 aromatic rings. The number of halogens is 2. The van der Waals surface area contributed by atoms with Crippen LogP contribution in [0.15, 0.2) is 12.1 Å². The van der Waals surface area contributed by atoms with Gasteiger partial charge in [-0.3, -0.25) is 4.79 Å². The summed E-state index contributed by atoms with van der Waals surface area (Å²) in [5.74, 6) is -2.41. The van der Waals surface area contributed by atoms with E-state index in [1.807, 2.05) is 6.92 Å². The Morgan fingerprint density at radius 2 is 1.96 bits per heavy atom. The Morgan fingerprint density at radius 1 is 1.26 bits per heavy atom. The summed E-state index contributed by atoms with van der Waals surface area (Å²) in [4.78, 5) is 12.8. The van der Waals surface area contributed by atoms with Gasteiger partial charge in [0.25, 0.3) is 11.8 Å². The summed E-state index contributed by atoms with van der Waals surface area (Å²) in [5, 5.41) is 3.07. The molecule has 0 aromatic heterocycles. The van der Waals surface area contributed by atoms with Crippen LogP contribution in [0.1, 0.15) is 88.6 Å². The second-order valence-electron chi connectivity index (χ2n) is 7.73. The number of methoxy groups -OCH3 is 1. The summed E-state index contributed by atoms with van der Waals surface area (Å²) in [5.41, 5.74) is 0.867. The summed E-state index contributed by atoms with van der Waals surface area (Å²) >= 11 is 0. The summed E-state index contributed by atoms with van der Waals surface area (Å²) in [6, 6.07) is 2.91. The van der Waals surface area contributed by atoms with E-state index in [-0.39, 0.29) is 24.7 Å². The maximum absolute atomic E-state index is 13.7. The van der Waals surface area contributed by atoms with Crippen molar-refractivity contribution in [2.24, 2.45) is 5.92 Å². The lowest BCUT2D eigenvalue weighted by atomic mass is 9.97. The number of rotatable bonds is 11. The highest BCUT2D eigenvalue weighted by molar-refractivity contribution is 5.99. The Bertz CT molecular complexity index is 621. The molecule has 0 bridgehead atoms. The second-order valence-corrected chi connectivity index (χ2v) is 7.73. The van der Waals surface area contributed by atoms with Crippen LogP contribution in [0.3, 0.4) is 0 Å². The van der Waals surface area contributed by atoms with E-state index in [9.17, 15) is 13.6 Å². The third-order valence-electron chi connectivity index (χ3n) is 5.44. The van der Waals surface area contributed by atoms with Gasteiger partial charge in [-0.25, -0.2) is 8.78 Å². The molecule has 0 heterocycles. The quantitative estimate of drug-likeness (QED) is 0.469. The SMILES string of the molecule is CCCCCCC[C@@H]1C[C@@H]1NC(=O)c1c(CC)cc(C(C)(F)F)cc1OC.[HH]. The van der Waals surface area contributed by atoms with E-state index in [2.05, 4.69) is 12.2 Å². The number of carbonyl (C=O) groups excluding carboxylic acids is 1. The maximum atomic E-state index is 13.7. The third kappa shape index (κ3) is 5.91. The van der Waals surface area contributed by atoms with E-state index in [0.29, 0.717) is 23.5 Å². The van der Waals surface area contributed by atoms with Gasteiger partial charge in [-0.05, 0) is 42.9 Å². The Morgan fingerprint density at radius 3 is 2.56 bits per heavy atom. The Kier molecular flexibility index (Phi) is 7.63. The molecule has 5 heteroatoms. The topological polar surface area (TPSA) is 38.3 Å². The smallest absolute Gasteiger partial charge is 0.270 e. The molecule has 0 aliphatic heterocycles. The molecule has 2 rings (SSSR count). The number of hydrogen-bond donors (Lipinski definition) is 1. The largest absolute Gasteiger partial charge is 0.496 e. The zero-order valence-electron chi connectivity index (χ0n) is 17.0. The van der Waals surface area contributed by atoms with Crippen molar-refractivity contribution in [1.82, 2.24) is 5.32 Å². The van der Waals surface area contributed by atoms with Crippen LogP contribution in [-0.4, -0.2) is 19.1 Å². The van der Waals surface area contributed by atoms with Gasteiger partial charge in [0, 0.05) is 20.0 Å². The zero-order chi connectivity index (χ0) is 20.0. The van der Waals surface area contributed by atoms with Gasteiger partial charge in [-0.1, -0.05) is 46.0 Å². The van der Waals surface area contributed by atoms with Crippen molar-refractivity contribution in [3.8, 4) is 5.75 Å². The van der Waals surface area contributed by atoms with E-state index in [1.54, 1.807) is 0 Å². The van der Waals surface area contributed by atoms with Crippen molar-refractivity contribution in [3.05, 3.63) is 28.8 Å². The molecular formula is C22H35F2NO2. The number of unbranched alkanes of at least 4 members (excludes halogenated alkanes) is 4. The fourth-order valence-electron chi connectivity index (χ4n) is 3.62. The molecule has 1 saturated carbocycles. The van der Waals surface area contributed by atoms with E-state index in [0.717, 1.165) is 19.8 Å². The van der Waals surface area contributed by atoms with Gasteiger partial charge in [0.1, 0.15) is 5.75 Å². The summed E-state index contributed by atoms with van der Waals surface area (Å²) in [6.07, 6.45) is 8.93. The summed E-state index contributed by atoms with van der Waals surface area (Å²) < 4.78 is 32.7. The highest BCUT2D eigenvalue weighted by atomic mass is 19.3. The molecule has 27 heavy (non-hydrogen) atoms. The molecule has 1 aliphatic carbocycles. The van der Waals surface area contributed by atoms with E-state index >= 15 is 0 Å². The van der Waals surface area contributed by atoms with Crippen LogP contribution in [0.4, 0.5) is 8.78 Å². The number of alkyl halides is 2. The van der Waals surface area contributed by atoms with Crippen molar-refractivity contribution in [3.63, 3.8) is 0 Å². The summed E-state index contributed by atoms with van der Waals surface area (Å²) in [7, 11) is 1.42. The van der Waals surface area contributed by atoms with Crippen LogP contribution in [0.5, 0.6) is 5.75 Å². The first-order valence-electron chi connectivity index (χ1n) is 10.2. The molecule has 154 valence electrons. The molecule has 1 fully saturated rings. The number of hydrogen-bond acceptors (Lipinski definition) is 2. The molecule has 0 saturated heterocycles. The van der Waals surface area contributed by atoms with Crippen LogP contribution in [0.25, 0.3) is 0 Å². The van der Waals surface area contributed by atoms with Gasteiger partial charge < -0.3 is 10.1 Å². The molecule has 0 spiro atoms. The highest BCUT2D eigenvalue weighted by Gasteiger charge is 2.38. The number of amides is 1. The molecule has 1 amide bonds. The van der Waals surface area contributed by atoms with Crippen LogP contribution in [-0.2, 0) is 12.3 Å². The number of nitrogens with one attached hydrogen (secondary N) is 1. The average Bonchev–Trinajstić information content (AvgIpc) is 3.36. The Labute approximate surface area is 163 Å². The van der Waals surface area contributed by atoms with Crippen molar-refractivity contribution in [2.45, 2.75) is 84.1 Å². The number of carbonyl (C=O) groups is 1. The molecule has 1 aliphatic rings. The van der Waals surface area contributed by atoms with Gasteiger partial charge in [-0.15, -0.1) is 0 Å². The predicted molar refractivity (Wildman–Crippen MR) is 107 cm³/mol. The predicted octanol–water partition coefficient (Wildman–Crippen LogP) is 6.09. The first-order chi connectivity index (χ1) is 12.8. The Balaban J connectivity index is 0.00000392. The van der Waals surface area contributed by atoms with E-state index in [4.69, 9.17) is 4.74 Å². The van der Waals surface area contributed by atoms with E-state index < -0.39 is 5.92 Å². The number of aryl methyl sites for hydroxylation is 1. The van der Waals surface area contributed by atoms with Crippen LogP contribution in [0.2, 0.25) is 0 Å². The lowest BCUT2D eigenvalue weighted by Gasteiger charge is -2.18. The first kappa shape index (κ1) is 21.6. The normalized spacial score (nSPS) is 19.0. The fourth-order valence-corrected chi connectivity index (χ4v) is 3.62. The molecule has 3 nitrogen and oxygen atoms in total. The lowest BCUT2D eigenvalue weighted by Crippen LogP contribution is -2.28.